The Balaban J connectivity index is 2.22. The Morgan fingerprint density at radius 2 is 2.33 bits per heavy atom. The molecule has 15 heavy (non-hydrogen) atoms. The highest BCUT2D eigenvalue weighted by Crippen LogP contribution is 2.25. The molecule has 76 valence electrons. The van der Waals surface area contributed by atoms with Crippen molar-refractivity contribution >= 4 is 13.8 Å². The van der Waals surface area contributed by atoms with E-state index in [1.165, 1.54) is 0 Å². The van der Waals surface area contributed by atoms with Crippen LogP contribution in [0.1, 0.15) is 15.9 Å². The number of amides is 1. The van der Waals surface area contributed by atoms with Gasteiger partial charge in [-0.1, -0.05) is 6.32 Å². The Morgan fingerprint density at radius 3 is 3.07 bits per heavy atom. The summed E-state index contributed by atoms with van der Waals surface area (Å²) in [6, 6.07) is 5.53. The molecule has 0 fully saturated rings. The Kier molecular flexibility index (Phi) is 2.67. The molecule has 0 saturated heterocycles. The first kappa shape index (κ1) is 10.1. The normalized spacial score (nSPS) is 14.2. The number of ether oxygens (including phenoxy) is 1. The molecule has 1 amide bonds. The van der Waals surface area contributed by atoms with E-state index in [9.17, 15) is 4.79 Å². The second-order valence-corrected chi connectivity index (χ2v) is 3.62. The van der Waals surface area contributed by atoms with Gasteiger partial charge in [0.2, 0.25) is 0 Å². The fourth-order valence-electron chi connectivity index (χ4n) is 1.71. The molecule has 0 N–H and O–H groups in total. The summed E-state index contributed by atoms with van der Waals surface area (Å²) in [5.41, 5.74) is 1.80. The van der Waals surface area contributed by atoms with Gasteiger partial charge in [-0.25, -0.2) is 0 Å². The van der Waals surface area contributed by atoms with Crippen molar-refractivity contribution in [2.24, 2.45) is 0 Å². The molecule has 1 aromatic carbocycles. The van der Waals surface area contributed by atoms with Gasteiger partial charge in [-0.3, -0.25) is 4.79 Å². The van der Waals surface area contributed by atoms with Crippen LogP contribution >= 0.6 is 0 Å². The van der Waals surface area contributed by atoms with E-state index in [0.717, 1.165) is 16.9 Å². The van der Waals surface area contributed by atoms with Crippen molar-refractivity contribution in [2.75, 3.05) is 13.7 Å². The first-order chi connectivity index (χ1) is 7.22. The van der Waals surface area contributed by atoms with Gasteiger partial charge in [-0.2, -0.15) is 0 Å². The maximum Gasteiger partial charge on any atom is 0.254 e. The van der Waals surface area contributed by atoms with E-state index in [-0.39, 0.29) is 5.91 Å². The fraction of sp³-hybridized carbons (Fsp3) is 0.364. The predicted molar refractivity (Wildman–Crippen MR) is 58.3 cm³/mol. The van der Waals surface area contributed by atoms with Gasteiger partial charge in [0.15, 0.2) is 0 Å². The second kappa shape index (κ2) is 3.97. The minimum atomic E-state index is 0.0791. The van der Waals surface area contributed by atoms with Crippen molar-refractivity contribution in [3.05, 3.63) is 29.3 Å². The van der Waals surface area contributed by atoms with Gasteiger partial charge >= 0.3 is 0 Å². The Morgan fingerprint density at radius 1 is 1.53 bits per heavy atom. The first-order valence-corrected chi connectivity index (χ1v) is 4.93. The molecule has 0 bridgehead atoms. The molecule has 2 radical (unpaired) electrons. The smallest absolute Gasteiger partial charge is 0.254 e. The monoisotopic (exact) mass is 201 g/mol. The summed E-state index contributed by atoms with van der Waals surface area (Å²) in [6.07, 6.45) is 0.496. The molecule has 0 spiro atoms. The average Bonchev–Trinajstić information content (AvgIpc) is 2.52. The molecule has 0 aliphatic carbocycles. The molecule has 0 atom stereocenters. The van der Waals surface area contributed by atoms with Crippen LogP contribution in [0.2, 0.25) is 6.32 Å². The number of hydrogen-bond acceptors (Lipinski definition) is 2. The lowest BCUT2D eigenvalue weighted by Crippen LogP contribution is -2.17. The summed E-state index contributed by atoms with van der Waals surface area (Å²) in [6.45, 7) is 1.16. The maximum atomic E-state index is 11.6. The third kappa shape index (κ3) is 1.84. The molecule has 1 aliphatic heterocycles. The number of carbonyl (C=O) groups is 1. The van der Waals surface area contributed by atoms with E-state index in [4.69, 9.17) is 12.6 Å². The summed E-state index contributed by atoms with van der Waals surface area (Å²) in [5.74, 6) is 0.859. The molecule has 3 nitrogen and oxygen atoms in total. The number of nitrogens with zero attached hydrogens (tertiary/aromatic N) is 1. The highest BCUT2D eigenvalue weighted by molar-refractivity contribution is 6.08. The molecule has 1 aromatic rings. The topological polar surface area (TPSA) is 29.5 Å². The zero-order valence-corrected chi connectivity index (χ0v) is 8.69. The standard InChI is InChI=1S/C11H12BNO2/c1-13-7-8-6-9(15-5-4-12)2-3-10(8)11(13)14/h2-3,6H,4-5,7H2,1H3. The molecule has 1 aliphatic rings. The van der Waals surface area contributed by atoms with E-state index in [0.29, 0.717) is 19.5 Å². The van der Waals surface area contributed by atoms with Gasteiger partial charge in [0.1, 0.15) is 5.75 Å². The van der Waals surface area contributed by atoms with Crippen LogP contribution in [-0.4, -0.2) is 32.3 Å². The Labute approximate surface area is 90.4 Å². The van der Waals surface area contributed by atoms with Crippen LogP contribution in [0, 0.1) is 0 Å². The van der Waals surface area contributed by atoms with Crippen molar-refractivity contribution in [3.63, 3.8) is 0 Å². The molecule has 0 saturated carbocycles. The lowest BCUT2D eigenvalue weighted by atomic mass is 10.1. The summed E-state index contributed by atoms with van der Waals surface area (Å²) >= 11 is 0. The van der Waals surface area contributed by atoms with E-state index in [2.05, 4.69) is 0 Å². The minimum Gasteiger partial charge on any atom is -0.494 e. The summed E-state index contributed by atoms with van der Waals surface area (Å²) in [7, 11) is 7.14. The molecular formula is C11H12BNO2. The lowest BCUT2D eigenvalue weighted by Gasteiger charge is -2.05. The van der Waals surface area contributed by atoms with Crippen molar-refractivity contribution in [3.8, 4) is 5.75 Å². The zero-order valence-electron chi connectivity index (χ0n) is 8.69. The molecule has 0 unspecified atom stereocenters. The summed E-state index contributed by atoms with van der Waals surface area (Å²) in [4.78, 5) is 13.3. The van der Waals surface area contributed by atoms with Gasteiger partial charge in [0.05, 0.1) is 14.5 Å². The first-order valence-electron chi connectivity index (χ1n) is 4.93. The van der Waals surface area contributed by atoms with Gasteiger partial charge in [0.25, 0.3) is 5.91 Å². The summed E-state index contributed by atoms with van der Waals surface area (Å²) in [5, 5.41) is 0. The third-order valence-corrected chi connectivity index (χ3v) is 2.45. The number of carbonyl (C=O) groups excluding carboxylic acids is 1. The zero-order chi connectivity index (χ0) is 10.8. The molecule has 0 aromatic heterocycles. The summed E-state index contributed by atoms with van der Waals surface area (Å²) < 4.78 is 5.40. The van der Waals surface area contributed by atoms with Gasteiger partial charge in [-0.05, 0) is 23.8 Å². The van der Waals surface area contributed by atoms with E-state index in [1.807, 2.05) is 18.2 Å². The van der Waals surface area contributed by atoms with Gasteiger partial charge in [0, 0.05) is 19.2 Å². The number of fused-ring (bicyclic) bond motifs is 1. The van der Waals surface area contributed by atoms with Crippen LogP contribution in [0.15, 0.2) is 18.2 Å². The predicted octanol–water partition coefficient (Wildman–Crippen LogP) is 1.24. The molecular weight excluding hydrogens is 189 g/mol. The average molecular weight is 201 g/mol. The van der Waals surface area contributed by atoms with Crippen LogP contribution in [0.25, 0.3) is 0 Å². The quantitative estimate of drug-likeness (QED) is 0.688. The second-order valence-electron chi connectivity index (χ2n) is 3.62. The highest BCUT2D eigenvalue weighted by atomic mass is 16.5. The highest BCUT2D eigenvalue weighted by Gasteiger charge is 2.24. The third-order valence-electron chi connectivity index (χ3n) is 2.45. The van der Waals surface area contributed by atoms with E-state index >= 15 is 0 Å². The van der Waals surface area contributed by atoms with Crippen LogP contribution in [0.3, 0.4) is 0 Å². The van der Waals surface area contributed by atoms with Crippen LogP contribution in [0.5, 0.6) is 5.75 Å². The largest absolute Gasteiger partial charge is 0.494 e. The number of rotatable bonds is 3. The molecule has 1 heterocycles. The van der Waals surface area contributed by atoms with E-state index in [1.54, 1.807) is 11.9 Å². The lowest BCUT2D eigenvalue weighted by molar-refractivity contribution is 0.0816. The van der Waals surface area contributed by atoms with Gasteiger partial charge < -0.3 is 9.64 Å². The minimum absolute atomic E-state index is 0.0791. The van der Waals surface area contributed by atoms with Crippen molar-refractivity contribution < 1.29 is 9.53 Å². The maximum absolute atomic E-state index is 11.6. The van der Waals surface area contributed by atoms with Crippen molar-refractivity contribution in [1.29, 1.82) is 0 Å². The van der Waals surface area contributed by atoms with E-state index < -0.39 is 0 Å². The molecule has 2 rings (SSSR count). The van der Waals surface area contributed by atoms with Crippen LogP contribution in [-0.2, 0) is 6.54 Å². The fourth-order valence-corrected chi connectivity index (χ4v) is 1.71. The number of hydrogen-bond donors (Lipinski definition) is 0. The van der Waals surface area contributed by atoms with Crippen LogP contribution < -0.4 is 4.74 Å². The Bertz CT molecular complexity index is 392. The molecule has 4 heteroatoms. The van der Waals surface area contributed by atoms with Crippen LogP contribution in [0.4, 0.5) is 0 Å². The van der Waals surface area contributed by atoms with Crippen molar-refractivity contribution in [1.82, 2.24) is 4.90 Å². The van der Waals surface area contributed by atoms with Gasteiger partial charge in [-0.15, -0.1) is 0 Å². The SMILES string of the molecule is [B]CCOc1ccc2c(c1)CN(C)C2=O. The Hall–Kier alpha value is -1.45. The number of benzene rings is 1. The van der Waals surface area contributed by atoms with Crippen molar-refractivity contribution in [2.45, 2.75) is 12.9 Å².